The number of carbonyl (C=O) groups is 2. The highest BCUT2D eigenvalue weighted by Gasteiger charge is 2.56. The minimum Gasteiger partial charge on any atom is -0.495 e. The summed E-state index contributed by atoms with van der Waals surface area (Å²) < 4.78 is 5.60. The van der Waals surface area contributed by atoms with Gasteiger partial charge in [-0.2, -0.15) is 0 Å². The van der Waals surface area contributed by atoms with Crippen molar-refractivity contribution < 1.29 is 14.3 Å². The van der Waals surface area contributed by atoms with Gasteiger partial charge < -0.3 is 14.5 Å². The zero-order valence-electron chi connectivity index (χ0n) is 16.5. The third-order valence-corrected chi connectivity index (χ3v) is 5.85. The smallest absolute Gasteiger partial charge is 0.327 e. The molecule has 3 aliphatic rings. The Balaban J connectivity index is 1.75. The number of nitrogens with one attached hydrogen (secondary N) is 1. The molecule has 146 valence electrons. The molecule has 4 rings (SSSR count). The molecule has 27 heavy (non-hydrogen) atoms. The van der Waals surface area contributed by atoms with Crippen LogP contribution in [0.1, 0.15) is 12.5 Å². The minimum atomic E-state index is -0.385. The molecule has 3 heterocycles. The number of aryl methyl sites for hydroxylation is 1. The van der Waals surface area contributed by atoms with Crippen molar-refractivity contribution in [2.75, 3.05) is 39.2 Å². The van der Waals surface area contributed by atoms with E-state index in [0.717, 1.165) is 30.1 Å². The molecule has 0 radical (unpaired) electrons. The fourth-order valence-corrected chi connectivity index (χ4v) is 4.51. The second kappa shape index (κ2) is 6.38. The van der Waals surface area contributed by atoms with Crippen LogP contribution in [0.15, 0.2) is 18.2 Å². The molecular weight excluding hydrogens is 346 g/mol. The first-order valence-electron chi connectivity index (χ1n) is 9.31. The Morgan fingerprint density at radius 3 is 2.63 bits per heavy atom. The lowest BCUT2D eigenvalue weighted by atomic mass is 10.0. The lowest BCUT2D eigenvalue weighted by Crippen LogP contribution is -2.65. The monoisotopic (exact) mass is 373 g/mol. The van der Waals surface area contributed by atoms with Gasteiger partial charge in [0, 0.05) is 27.2 Å². The van der Waals surface area contributed by atoms with E-state index in [2.05, 4.69) is 35.0 Å². The molecule has 3 fully saturated rings. The average molecular weight is 373 g/mol. The fourth-order valence-electron chi connectivity index (χ4n) is 4.51. The predicted molar refractivity (Wildman–Crippen MR) is 101 cm³/mol. The predicted octanol–water partition coefficient (Wildman–Crippen LogP) is 0.867. The Bertz CT molecular complexity index is 785. The van der Waals surface area contributed by atoms with E-state index in [9.17, 15) is 9.59 Å². The Kier molecular flexibility index (Phi) is 4.27. The van der Waals surface area contributed by atoms with E-state index in [1.807, 2.05) is 12.1 Å². The van der Waals surface area contributed by atoms with Crippen molar-refractivity contribution in [3.63, 3.8) is 0 Å². The van der Waals surface area contributed by atoms with Crippen LogP contribution in [0.5, 0.6) is 5.75 Å². The van der Waals surface area contributed by atoms with Gasteiger partial charge in [0.1, 0.15) is 24.2 Å². The first-order valence-corrected chi connectivity index (χ1v) is 9.31. The van der Waals surface area contributed by atoms with Gasteiger partial charge in [0.2, 0.25) is 0 Å². The van der Waals surface area contributed by atoms with Crippen molar-refractivity contribution >= 4 is 17.6 Å². The number of urea groups is 1. The number of hydrogen-bond donors (Lipinski definition) is 1. The number of fused-ring (bicyclic) bond motifs is 3. The van der Waals surface area contributed by atoms with Crippen LogP contribution in [0.4, 0.5) is 10.5 Å². The summed E-state index contributed by atoms with van der Waals surface area (Å²) in [6, 6.07) is 5.46. The van der Waals surface area contributed by atoms with Crippen molar-refractivity contribution in [1.82, 2.24) is 20.0 Å². The lowest BCUT2D eigenvalue weighted by molar-refractivity contribution is -0.137. The first-order chi connectivity index (χ1) is 12.8. The Morgan fingerprint density at radius 2 is 1.93 bits per heavy atom. The number of imide groups is 1. The summed E-state index contributed by atoms with van der Waals surface area (Å²) in [4.78, 5) is 32.6. The molecule has 1 aromatic carbocycles. The molecule has 3 aliphatic heterocycles. The van der Waals surface area contributed by atoms with Gasteiger partial charge in [-0.3, -0.25) is 19.9 Å². The topological polar surface area (TPSA) is 68.4 Å². The van der Waals surface area contributed by atoms with Gasteiger partial charge in [0.25, 0.3) is 5.91 Å². The van der Waals surface area contributed by atoms with Crippen molar-refractivity contribution in [1.29, 1.82) is 0 Å². The van der Waals surface area contributed by atoms with Crippen molar-refractivity contribution in [2.24, 2.45) is 5.92 Å². The molecule has 4 unspecified atom stereocenters. The zero-order valence-corrected chi connectivity index (χ0v) is 16.5. The maximum absolute atomic E-state index is 12.9. The summed E-state index contributed by atoms with van der Waals surface area (Å²) in [7, 11) is 4.97. The standard InChI is InChI=1S/C19H27N5O3/c1-11-6-7-14(27-5)13(8-11)23-9-12(2)10-24-15-16(20-18(23)24)21(3)19(26)22(4)17(15)25/h6-8,12,15-16,18,20H,9-10H2,1-5H3. The van der Waals surface area contributed by atoms with Gasteiger partial charge in [-0.25, -0.2) is 4.79 Å². The summed E-state index contributed by atoms with van der Waals surface area (Å²) in [5.74, 6) is 1.02. The lowest BCUT2D eigenvalue weighted by Gasteiger charge is -2.45. The second-order valence-electron chi connectivity index (χ2n) is 7.85. The van der Waals surface area contributed by atoms with Crippen molar-refractivity contribution in [3.05, 3.63) is 23.8 Å². The minimum absolute atomic E-state index is 0.150. The highest BCUT2D eigenvalue weighted by Crippen LogP contribution is 2.38. The number of nitrogens with zero attached hydrogens (tertiary/aromatic N) is 4. The van der Waals surface area contributed by atoms with Crippen LogP contribution in [0.2, 0.25) is 0 Å². The van der Waals surface area contributed by atoms with Crippen LogP contribution in [-0.4, -0.2) is 79.4 Å². The van der Waals surface area contributed by atoms with E-state index in [0.29, 0.717) is 5.92 Å². The van der Waals surface area contributed by atoms with E-state index >= 15 is 0 Å². The highest BCUT2D eigenvalue weighted by molar-refractivity contribution is 6.00. The van der Waals surface area contributed by atoms with Crippen LogP contribution in [0.3, 0.4) is 0 Å². The molecule has 0 aromatic heterocycles. The van der Waals surface area contributed by atoms with E-state index < -0.39 is 0 Å². The molecule has 8 nitrogen and oxygen atoms in total. The maximum atomic E-state index is 12.9. The molecule has 1 N–H and O–H groups in total. The zero-order chi connectivity index (χ0) is 19.5. The Morgan fingerprint density at radius 1 is 1.19 bits per heavy atom. The quantitative estimate of drug-likeness (QED) is 0.830. The maximum Gasteiger partial charge on any atom is 0.327 e. The molecule has 0 spiro atoms. The van der Waals surface area contributed by atoms with E-state index in [-0.39, 0.29) is 30.4 Å². The number of amides is 3. The van der Waals surface area contributed by atoms with Crippen LogP contribution < -0.4 is 15.0 Å². The summed E-state index contributed by atoms with van der Waals surface area (Å²) in [5, 5.41) is 3.52. The Hall–Kier alpha value is -2.32. The number of carbonyl (C=O) groups excluding carboxylic acids is 2. The largest absolute Gasteiger partial charge is 0.495 e. The van der Waals surface area contributed by atoms with Crippen molar-refractivity contribution in [2.45, 2.75) is 32.3 Å². The summed E-state index contributed by atoms with van der Waals surface area (Å²) in [6.07, 6.45) is -0.507. The number of methoxy groups -OCH3 is 1. The molecule has 1 aromatic rings. The van der Waals surface area contributed by atoms with Gasteiger partial charge in [-0.1, -0.05) is 13.0 Å². The second-order valence-corrected chi connectivity index (χ2v) is 7.85. The van der Waals surface area contributed by atoms with E-state index in [1.54, 1.807) is 26.1 Å². The Labute approximate surface area is 159 Å². The van der Waals surface area contributed by atoms with Crippen LogP contribution in [0, 0.1) is 12.8 Å². The number of likely N-dealkylation sites (N-methyl/N-ethyl adjacent to an activating group) is 2. The van der Waals surface area contributed by atoms with Gasteiger partial charge in [-0.15, -0.1) is 0 Å². The number of hydrogen-bond acceptors (Lipinski definition) is 6. The molecule has 4 atom stereocenters. The molecule has 0 aliphatic carbocycles. The van der Waals surface area contributed by atoms with Gasteiger partial charge in [0.05, 0.1) is 12.8 Å². The SMILES string of the molecule is COc1ccc(C)cc1N1CC(C)CN2C3C(=O)N(C)C(=O)N(C)C3NC12. The summed E-state index contributed by atoms with van der Waals surface area (Å²) >= 11 is 0. The molecule has 8 heteroatoms. The van der Waals surface area contributed by atoms with Crippen molar-refractivity contribution in [3.8, 4) is 5.75 Å². The molecule has 0 bridgehead atoms. The number of rotatable bonds is 2. The molecule has 0 saturated carbocycles. The molecular formula is C19H27N5O3. The average Bonchev–Trinajstić information content (AvgIpc) is 3.03. The third kappa shape index (κ3) is 2.66. The van der Waals surface area contributed by atoms with Crippen LogP contribution >= 0.6 is 0 Å². The summed E-state index contributed by atoms with van der Waals surface area (Å²) in [6.45, 7) is 5.88. The molecule has 3 saturated heterocycles. The van der Waals surface area contributed by atoms with Gasteiger partial charge in [-0.05, 0) is 30.5 Å². The normalized spacial score (nSPS) is 31.2. The van der Waals surface area contributed by atoms with Crippen LogP contribution in [-0.2, 0) is 4.79 Å². The fraction of sp³-hybridized carbons (Fsp3) is 0.579. The first kappa shape index (κ1) is 18.1. The molecule has 3 amide bonds. The summed E-state index contributed by atoms with van der Waals surface area (Å²) in [5.41, 5.74) is 2.15. The van der Waals surface area contributed by atoms with Gasteiger partial charge >= 0.3 is 6.03 Å². The van der Waals surface area contributed by atoms with E-state index in [4.69, 9.17) is 4.74 Å². The van der Waals surface area contributed by atoms with Gasteiger partial charge in [0.15, 0.2) is 0 Å². The number of anilines is 1. The van der Waals surface area contributed by atoms with E-state index in [1.165, 1.54) is 4.90 Å². The third-order valence-electron chi connectivity index (χ3n) is 5.85. The number of ether oxygens (including phenoxy) is 1. The number of benzene rings is 1. The highest BCUT2D eigenvalue weighted by atomic mass is 16.5. The van der Waals surface area contributed by atoms with Crippen LogP contribution in [0.25, 0.3) is 0 Å².